The predicted octanol–water partition coefficient (Wildman–Crippen LogP) is 2.43. The Morgan fingerprint density at radius 1 is 1.37 bits per heavy atom. The highest BCUT2D eigenvalue weighted by molar-refractivity contribution is 6.01. The number of hydrogen-bond acceptors (Lipinski definition) is 2. The van der Waals surface area contributed by atoms with Crippen molar-refractivity contribution in [1.82, 2.24) is 9.88 Å². The number of nitrogens with one attached hydrogen (secondary N) is 2. The van der Waals surface area contributed by atoms with Gasteiger partial charge in [0.2, 0.25) is 0 Å². The second kappa shape index (κ2) is 6.24. The zero-order valence-corrected chi connectivity index (χ0v) is 11.3. The first-order valence-corrected chi connectivity index (χ1v) is 6.38. The Morgan fingerprint density at radius 2 is 2.16 bits per heavy atom. The van der Waals surface area contributed by atoms with Crippen LogP contribution < -0.4 is 10.6 Å². The van der Waals surface area contributed by atoms with Gasteiger partial charge >= 0.3 is 6.03 Å². The number of carbonyl (C=O) groups excluding carboxylic acids is 1. The lowest BCUT2D eigenvalue weighted by atomic mass is 10.2. The smallest absolute Gasteiger partial charge is 0.319 e. The van der Waals surface area contributed by atoms with E-state index in [1.54, 1.807) is 7.11 Å². The largest absolute Gasteiger partial charge is 0.383 e. The molecule has 1 aromatic heterocycles. The van der Waals surface area contributed by atoms with Gasteiger partial charge < -0.3 is 19.9 Å². The third-order valence-corrected chi connectivity index (χ3v) is 2.91. The molecule has 0 saturated heterocycles. The molecule has 0 aliphatic rings. The summed E-state index contributed by atoms with van der Waals surface area (Å²) in [5.74, 6) is 0. The van der Waals surface area contributed by atoms with Gasteiger partial charge in [-0.15, -0.1) is 0 Å². The second-order valence-electron chi connectivity index (χ2n) is 4.23. The number of carbonyl (C=O) groups is 1. The normalized spacial score (nSPS) is 10.6. The molecule has 2 amide bonds. The Bertz CT molecular complexity index is 563. The van der Waals surface area contributed by atoms with E-state index in [1.165, 1.54) is 0 Å². The molecule has 0 atom stereocenters. The average molecular weight is 261 g/mol. The third kappa shape index (κ3) is 3.06. The maximum absolute atomic E-state index is 11.6. The average Bonchev–Trinajstić information content (AvgIpc) is 2.75. The number of urea groups is 1. The number of anilines is 1. The number of fused-ring (bicyclic) bond motifs is 1. The number of rotatable bonds is 5. The van der Waals surface area contributed by atoms with Crippen LogP contribution in [-0.4, -0.2) is 30.9 Å². The SMILES string of the molecule is CCNC(=O)Nc1cn(CCOC)c2ccccc12. The van der Waals surface area contributed by atoms with Crippen LogP contribution in [0.1, 0.15) is 6.92 Å². The molecule has 5 nitrogen and oxygen atoms in total. The van der Waals surface area contributed by atoms with Gasteiger partial charge in [0.05, 0.1) is 17.8 Å². The highest BCUT2D eigenvalue weighted by Gasteiger charge is 2.09. The zero-order chi connectivity index (χ0) is 13.7. The van der Waals surface area contributed by atoms with E-state index in [4.69, 9.17) is 4.74 Å². The van der Waals surface area contributed by atoms with Crippen LogP contribution in [0.3, 0.4) is 0 Å². The Balaban J connectivity index is 2.30. The summed E-state index contributed by atoms with van der Waals surface area (Å²) in [6, 6.07) is 7.80. The van der Waals surface area contributed by atoms with Crippen molar-refractivity contribution in [2.24, 2.45) is 0 Å². The molecule has 5 heteroatoms. The zero-order valence-electron chi connectivity index (χ0n) is 11.3. The summed E-state index contributed by atoms with van der Waals surface area (Å²) >= 11 is 0. The summed E-state index contributed by atoms with van der Waals surface area (Å²) in [5.41, 5.74) is 1.91. The lowest BCUT2D eigenvalue weighted by Crippen LogP contribution is -2.28. The number of benzene rings is 1. The highest BCUT2D eigenvalue weighted by Crippen LogP contribution is 2.25. The minimum Gasteiger partial charge on any atom is -0.383 e. The molecule has 0 unspecified atom stereocenters. The van der Waals surface area contributed by atoms with E-state index in [-0.39, 0.29) is 6.03 Å². The van der Waals surface area contributed by atoms with E-state index in [1.807, 2.05) is 37.4 Å². The minimum atomic E-state index is -0.183. The second-order valence-corrected chi connectivity index (χ2v) is 4.23. The molecule has 1 heterocycles. The van der Waals surface area contributed by atoms with Crippen molar-refractivity contribution < 1.29 is 9.53 Å². The van der Waals surface area contributed by atoms with Gasteiger partial charge in [0, 0.05) is 31.8 Å². The lowest BCUT2D eigenvalue weighted by molar-refractivity contribution is 0.188. The number of methoxy groups -OCH3 is 1. The highest BCUT2D eigenvalue weighted by atomic mass is 16.5. The van der Waals surface area contributed by atoms with Crippen LogP contribution in [0.2, 0.25) is 0 Å². The molecule has 102 valence electrons. The molecule has 2 rings (SSSR count). The van der Waals surface area contributed by atoms with Gasteiger partial charge in [0.15, 0.2) is 0 Å². The Morgan fingerprint density at radius 3 is 2.89 bits per heavy atom. The number of hydrogen-bond donors (Lipinski definition) is 2. The number of para-hydroxylation sites is 1. The van der Waals surface area contributed by atoms with Crippen LogP contribution in [0.4, 0.5) is 10.5 Å². The van der Waals surface area contributed by atoms with Gasteiger partial charge in [-0.25, -0.2) is 4.79 Å². The Kier molecular flexibility index (Phi) is 4.41. The van der Waals surface area contributed by atoms with E-state index in [9.17, 15) is 4.79 Å². The minimum absolute atomic E-state index is 0.183. The fourth-order valence-electron chi connectivity index (χ4n) is 2.05. The van der Waals surface area contributed by atoms with Crippen molar-refractivity contribution in [3.63, 3.8) is 0 Å². The molecule has 0 bridgehead atoms. The first-order valence-electron chi connectivity index (χ1n) is 6.38. The third-order valence-electron chi connectivity index (χ3n) is 2.91. The molecule has 0 saturated carbocycles. The number of ether oxygens (including phenoxy) is 1. The van der Waals surface area contributed by atoms with E-state index < -0.39 is 0 Å². The maximum atomic E-state index is 11.6. The maximum Gasteiger partial charge on any atom is 0.319 e. The molecule has 0 aliphatic carbocycles. The molecular weight excluding hydrogens is 242 g/mol. The first-order chi connectivity index (χ1) is 9.26. The molecule has 2 aromatic rings. The van der Waals surface area contributed by atoms with Crippen molar-refractivity contribution >= 4 is 22.6 Å². The van der Waals surface area contributed by atoms with Crippen LogP contribution in [0.25, 0.3) is 10.9 Å². The number of aromatic nitrogens is 1. The summed E-state index contributed by atoms with van der Waals surface area (Å²) in [6.45, 7) is 3.89. The topological polar surface area (TPSA) is 55.3 Å². The number of nitrogens with zero attached hydrogens (tertiary/aromatic N) is 1. The van der Waals surface area contributed by atoms with Crippen molar-refractivity contribution in [3.8, 4) is 0 Å². The molecule has 1 aromatic carbocycles. The van der Waals surface area contributed by atoms with Crippen molar-refractivity contribution in [3.05, 3.63) is 30.5 Å². The monoisotopic (exact) mass is 261 g/mol. The fourth-order valence-corrected chi connectivity index (χ4v) is 2.05. The standard InChI is InChI=1S/C14H19N3O2/c1-3-15-14(18)16-12-10-17(8-9-19-2)13-7-5-4-6-11(12)13/h4-7,10H,3,8-9H2,1-2H3,(H2,15,16,18). The summed E-state index contributed by atoms with van der Waals surface area (Å²) in [5, 5.41) is 6.63. The summed E-state index contributed by atoms with van der Waals surface area (Å²) in [6.07, 6.45) is 1.94. The van der Waals surface area contributed by atoms with Crippen LogP contribution in [0.15, 0.2) is 30.5 Å². The summed E-state index contributed by atoms with van der Waals surface area (Å²) < 4.78 is 7.19. The molecule has 0 spiro atoms. The Labute approximate surface area is 112 Å². The molecule has 0 radical (unpaired) electrons. The summed E-state index contributed by atoms with van der Waals surface area (Å²) in [7, 11) is 1.68. The molecular formula is C14H19N3O2. The van der Waals surface area contributed by atoms with Gasteiger partial charge in [-0.2, -0.15) is 0 Å². The van der Waals surface area contributed by atoms with Crippen molar-refractivity contribution in [1.29, 1.82) is 0 Å². The molecule has 0 aliphatic heterocycles. The molecule has 2 N–H and O–H groups in total. The van der Waals surface area contributed by atoms with Crippen molar-refractivity contribution in [2.75, 3.05) is 25.6 Å². The van der Waals surface area contributed by atoms with Gasteiger partial charge in [-0.3, -0.25) is 0 Å². The summed E-state index contributed by atoms with van der Waals surface area (Å²) in [4.78, 5) is 11.6. The van der Waals surface area contributed by atoms with E-state index in [0.29, 0.717) is 13.2 Å². The molecule has 0 fully saturated rings. The first kappa shape index (κ1) is 13.4. The van der Waals surface area contributed by atoms with E-state index in [2.05, 4.69) is 15.2 Å². The fraction of sp³-hybridized carbons (Fsp3) is 0.357. The lowest BCUT2D eigenvalue weighted by Gasteiger charge is -2.03. The van der Waals surface area contributed by atoms with Crippen LogP contribution in [0.5, 0.6) is 0 Å². The van der Waals surface area contributed by atoms with Crippen LogP contribution in [-0.2, 0) is 11.3 Å². The van der Waals surface area contributed by atoms with Gasteiger partial charge in [-0.05, 0) is 13.0 Å². The number of amides is 2. The van der Waals surface area contributed by atoms with Crippen LogP contribution >= 0.6 is 0 Å². The Hall–Kier alpha value is -2.01. The quantitative estimate of drug-likeness (QED) is 0.868. The van der Waals surface area contributed by atoms with E-state index in [0.717, 1.165) is 23.1 Å². The van der Waals surface area contributed by atoms with E-state index >= 15 is 0 Å². The molecule has 19 heavy (non-hydrogen) atoms. The van der Waals surface area contributed by atoms with Crippen molar-refractivity contribution in [2.45, 2.75) is 13.5 Å². The van der Waals surface area contributed by atoms with Gasteiger partial charge in [0.1, 0.15) is 0 Å². The van der Waals surface area contributed by atoms with Gasteiger partial charge in [0.25, 0.3) is 0 Å². The van der Waals surface area contributed by atoms with Gasteiger partial charge in [-0.1, -0.05) is 18.2 Å². The predicted molar refractivity (Wildman–Crippen MR) is 76.5 cm³/mol. The van der Waals surface area contributed by atoms with Crippen LogP contribution in [0, 0.1) is 0 Å².